The highest BCUT2D eigenvalue weighted by Gasteiger charge is 2.24. The monoisotopic (exact) mass is 444 g/mol. The van der Waals surface area contributed by atoms with Crippen LogP contribution in [0.25, 0.3) is 0 Å². The fraction of sp³-hybridized carbons (Fsp3) is 0.950. The molecule has 0 aliphatic carbocycles. The molecule has 0 aromatic carbocycles. The van der Waals surface area contributed by atoms with E-state index in [1.165, 1.54) is 57.8 Å². The lowest BCUT2D eigenvalue weighted by Crippen LogP contribution is -2.25. The summed E-state index contributed by atoms with van der Waals surface area (Å²) < 4.78 is 44.7. The number of phosphoric ester groups is 1. The molecule has 0 unspecified atom stereocenters. The molecule has 6 nitrogen and oxygen atoms in total. The maximum absolute atomic E-state index is 12.5. The molecule has 0 aromatic heterocycles. The maximum atomic E-state index is 12.5. The molecule has 174 valence electrons. The highest BCUT2D eigenvalue weighted by molar-refractivity contribution is 7.46. The van der Waals surface area contributed by atoms with Crippen molar-refractivity contribution in [3.05, 3.63) is 0 Å². The first-order valence-corrected chi connectivity index (χ1v) is 12.4. The topological polar surface area (TPSA) is 93.1 Å². The molecule has 0 aliphatic heterocycles. The Morgan fingerprint density at radius 3 is 1.72 bits per heavy atom. The molecule has 29 heavy (non-hydrogen) atoms. The van der Waals surface area contributed by atoms with Gasteiger partial charge in [0.05, 0.1) is 6.61 Å². The normalized spacial score (nSPS) is 13.0. The number of unbranched alkanes of at least 4 members (excludes halogenated alkanes) is 12. The number of hydrogen-bond acceptors (Lipinski definition) is 4. The molecule has 0 heterocycles. The number of carbonyl (C=O) groups is 1. The van der Waals surface area contributed by atoms with Crippen LogP contribution in [0.1, 0.15) is 103 Å². The van der Waals surface area contributed by atoms with E-state index >= 15 is 0 Å². The van der Waals surface area contributed by atoms with Gasteiger partial charge in [0.2, 0.25) is 6.43 Å². The number of phosphoric acid groups is 1. The van der Waals surface area contributed by atoms with Gasteiger partial charge < -0.3 is 14.5 Å². The number of ether oxygens (including phenoxy) is 1. The van der Waals surface area contributed by atoms with Crippen molar-refractivity contribution in [1.29, 1.82) is 0 Å². The summed E-state index contributed by atoms with van der Waals surface area (Å²) in [6, 6.07) is 0. The summed E-state index contributed by atoms with van der Waals surface area (Å²) in [5.74, 6) is -0.645. The Bertz CT molecular complexity index is 445. The third kappa shape index (κ3) is 22.0. The minimum absolute atomic E-state index is 0.105. The van der Waals surface area contributed by atoms with E-state index in [0.717, 1.165) is 19.3 Å². The van der Waals surface area contributed by atoms with Gasteiger partial charge in [-0.3, -0.25) is 9.32 Å². The molecule has 0 aliphatic rings. The van der Waals surface area contributed by atoms with Gasteiger partial charge >= 0.3 is 13.8 Å². The standard InChI is InChI=1S/C20H39F2O6P/c1-2-3-4-5-6-7-8-9-10-11-12-13-14-15-20(23)28-18(16-19(21)22)17-27-29(24,25)26/h18-19H,2-17H2,1H3,(H2,24,25,26)/t18-/m0/s1. The third-order valence-electron chi connectivity index (χ3n) is 4.65. The first kappa shape index (κ1) is 28.4. The van der Waals surface area contributed by atoms with Crippen LogP contribution in [-0.2, 0) is 18.6 Å². The van der Waals surface area contributed by atoms with Crippen molar-refractivity contribution in [3.63, 3.8) is 0 Å². The predicted molar refractivity (Wildman–Crippen MR) is 109 cm³/mol. The molecule has 0 aromatic rings. The number of hydrogen-bond donors (Lipinski definition) is 2. The van der Waals surface area contributed by atoms with Crippen LogP contribution in [0.2, 0.25) is 0 Å². The second kappa shape index (κ2) is 18.2. The molecule has 0 amide bonds. The van der Waals surface area contributed by atoms with E-state index in [2.05, 4.69) is 11.4 Å². The summed E-state index contributed by atoms with van der Waals surface area (Å²) in [7, 11) is -4.79. The fourth-order valence-corrected chi connectivity index (χ4v) is 3.42. The van der Waals surface area contributed by atoms with Gasteiger partial charge in [-0.25, -0.2) is 13.3 Å². The van der Waals surface area contributed by atoms with Crippen LogP contribution < -0.4 is 0 Å². The van der Waals surface area contributed by atoms with Gasteiger partial charge in [-0.15, -0.1) is 0 Å². The minimum atomic E-state index is -4.79. The van der Waals surface area contributed by atoms with E-state index in [-0.39, 0.29) is 6.42 Å². The minimum Gasteiger partial charge on any atom is -0.460 e. The summed E-state index contributed by atoms with van der Waals surface area (Å²) in [4.78, 5) is 29.0. The van der Waals surface area contributed by atoms with E-state index in [0.29, 0.717) is 6.42 Å². The Hall–Kier alpha value is -0.560. The molecule has 1 atom stereocenters. The lowest BCUT2D eigenvalue weighted by atomic mass is 10.0. The third-order valence-corrected chi connectivity index (χ3v) is 5.14. The van der Waals surface area contributed by atoms with E-state index in [9.17, 15) is 18.1 Å². The van der Waals surface area contributed by atoms with E-state index < -0.39 is 39.3 Å². The van der Waals surface area contributed by atoms with E-state index in [1.54, 1.807) is 0 Å². The Morgan fingerprint density at radius 1 is 0.862 bits per heavy atom. The number of alkyl halides is 2. The van der Waals surface area contributed by atoms with Crippen molar-refractivity contribution < 1.29 is 37.2 Å². The number of carbonyl (C=O) groups excluding carboxylic acids is 1. The van der Waals surface area contributed by atoms with Gasteiger partial charge in [0.15, 0.2) is 0 Å². The second-order valence-electron chi connectivity index (χ2n) is 7.52. The van der Waals surface area contributed by atoms with Gasteiger partial charge in [0.1, 0.15) is 6.10 Å². The number of halogens is 2. The van der Waals surface area contributed by atoms with Crippen LogP contribution in [0.3, 0.4) is 0 Å². The lowest BCUT2D eigenvalue weighted by molar-refractivity contribution is -0.153. The van der Waals surface area contributed by atoms with Gasteiger partial charge in [-0.05, 0) is 6.42 Å². The first-order chi connectivity index (χ1) is 13.7. The molecule has 0 fully saturated rings. The number of esters is 1. The Kier molecular flexibility index (Phi) is 17.9. The van der Waals surface area contributed by atoms with Crippen molar-refractivity contribution in [2.75, 3.05) is 6.61 Å². The van der Waals surface area contributed by atoms with Crippen molar-refractivity contribution in [2.45, 2.75) is 116 Å². The average Bonchev–Trinajstić information content (AvgIpc) is 2.62. The molecule has 0 rings (SSSR count). The molecule has 2 N–H and O–H groups in total. The molecular formula is C20H39F2O6P. The van der Waals surface area contributed by atoms with Crippen LogP contribution >= 0.6 is 7.82 Å². The summed E-state index contributed by atoms with van der Waals surface area (Å²) in [5, 5.41) is 0. The first-order valence-electron chi connectivity index (χ1n) is 10.9. The zero-order valence-electron chi connectivity index (χ0n) is 17.7. The van der Waals surface area contributed by atoms with E-state index in [4.69, 9.17) is 14.5 Å². The zero-order valence-corrected chi connectivity index (χ0v) is 18.6. The van der Waals surface area contributed by atoms with Crippen LogP contribution in [0.15, 0.2) is 0 Å². The maximum Gasteiger partial charge on any atom is 0.469 e. The fourth-order valence-electron chi connectivity index (χ4n) is 3.06. The van der Waals surface area contributed by atoms with Gasteiger partial charge in [0.25, 0.3) is 0 Å². The molecule has 0 radical (unpaired) electrons. The quantitative estimate of drug-likeness (QED) is 0.133. The van der Waals surface area contributed by atoms with Crippen molar-refractivity contribution in [1.82, 2.24) is 0 Å². The molecule has 0 saturated heterocycles. The highest BCUT2D eigenvalue weighted by atomic mass is 31.2. The molecule has 0 bridgehead atoms. The smallest absolute Gasteiger partial charge is 0.460 e. The Labute approximate surface area is 174 Å². The van der Waals surface area contributed by atoms with Gasteiger partial charge in [-0.2, -0.15) is 0 Å². The van der Waals surface area contributed by atoms with E-state index in [1.807, 2.05) is 0 Å². The van der Waals surface area contributed by atoms with Crippen molar-refractivity contribution >= 4 is 13.8 Å². The van der Waals surface area contributed by atoms with Gasteiger partial charge in [-0.1, -0.05) is 84.0 Å². The number of rotatable bonds is 20. The Balaban J connectivity index is 3.66. The summed E-state index contributed by atoms with van der Waals surface area (Å²) in [5.41, 5.74) is 0. The largest absolute Gasteiger partial charge is 0.469 e. The molecule has 0 spiro atoms. The predicted octanol–water partition coefficient (Wildman–Crippen LogP) is 6.14. The summed E-state index contributed by atoms with van der Waals surface area (Å²) >= 11 is 0. The van der Waals surface area contributed by atoms with Crippen LogP contribution in [-0.4, -0.2) is 34.9 Å². The van der Waals surface area contributed by atoms with Crippen LogP contribution in [0.5, 0.6) is 0 Å². The molecular weight excluding hydrogens is 405 g/mol. The zero-order chi connectivity index (χ0) is 22.0. The lowest BCUT2D eigenvalue weighted by Gasteiger charge is -2.18. The van der Waals surface area contributed by atoms with Crippen LogP contribution in [0.4, 0.5) is 8.78 Å². The average molecular weight is 444 g/mol. The second-order valence-corrected chi connectivity index (χ2v) is 8.76. The van der Waals surface area contributed by atoms with Crippen molar-refractivity contribution in [3.8, 4) is 0 Å². The van der Waals surface area contributed by atoms with Gasteiger partial charge in [0, 0.05) is 12.8 Å². The highest BCUT2D eigenvalue weighted by Crippen LogP contribution is 2.36. The Morgan fingerprint density at radius 2 is 1.31 bits per heavy atom. The summed E-state index contributed by atoms with van der Waals surface area (Å²) in [6.45, 7) is 1.47. The summed E-state index contributed by atoms with van der Waals surface area (Å²) in [6.07, 6.45) is 10.4. The SMILES string of the molecule is CCCCCCCCCCCCCCCC(=O)O[C@H](COP(=O)(O)O)CC(F)F. The molecule has 0 saturated carbocycles. The van der Waals surface area contributed by atoms with Crippen LogP contribution in [0, 0.1) is 0 Å². The van der Waals surface area contributed by atoms with Crippen molar-refractivity contribution in [2.24, 2.45) is 0 Å². The molecule has 9 heteroatoms.